The predicted molar refractivity (Wildman–Crippen MR) is 93.5 cm³/mol. The Hall–Kier alpha value is -2.28. The number of rotatable bonds is 5. The summed E-state index contributed by atoms with van der Waals surface area (Å²) in [4.78, 5) is 25.4. The Balaban J connectivity index is 1.21. The molecule has 0 aromatic carbocycles. The van der Waals surface area contributed by atoms with Gasteiger partial charge in [0.15, 0.2) is 5.82 Å². The molecule has 2 aliphatic heterocycles. The molecule has 1 aliphatic carbocycles. The van der Waals surface area contributed by atoms with E-state index in [-0.39, 0.29) is 17.9 Å². The lowest BCUT2D eigenvalue weighted by atomic mass is 9.98. The molecule has 2 aromatic heterocycles. The van der Waals surface area contributed by atoms with E-state index in [9.17, 15) is 4.79 Å². The fourth-order valence-corrected chi connectivity index (χ4v) is 3.98. The van der Waals surface area contributed by atoms with Gasteiger partial charge in [0.2, 0.25) is 5.89 Å². The maximum atomic E-state index is 12.4. The second-order valence-electron chi connectivity index (χ2n) is 7.74. The Labute approximate surface area is 152 Å². The Morgan fingerprint density at radius 2 is 2.15 bits per heavy atom. The van der Waals surface area contributed by atoms with Crippen molar-refractivity contribution in [3.63, 3.8) is 0 Å². The molecule has 5 rings (SSSR count). The van der Waals surface area contributed by atoms with Gasteiger partial charge in [-0.15, -0.1) is 0 Å². The van der Waals surface area contributed by atoms with Crippen LogP contribution in [0, 0.1) is 5.92 Å². The second-order valence-corrected chi connectivity index (χ2v) is 7.74. The molecule has 1 saturated carbocycles. The number of likely N-dealkylation sites (tertiary alicyclic amines) is 2. The molecule has 7 nitrogen and oxygen atoms in total. The summed E-state index contributed by atoms with van der Waals surface area (Å²) in [6, 6.07) is 3.86. The summed E-state index contributed by atoms with van der Waals surface area (Å²) < 4.78 is 5.60. The third-order valence-electron chi connectivity index (χ3n) is 5.74. The van der Waals surface area contributed by atoms with Crippen LogP contribution in [0.15, 0.2) is 29.0 Å². The standard InChI is InChI=1S/C19H23N5O2/c25-19(14-3-1-7-20-9-14)24-11-15(12-24)17-21-18(26-22-17)16-4-2-8-23(16)10-13-5-6-13/h1,3,7,9,13,15-16H,2,4-6,8,10-12H2/t16-/m0/s1. The SMILES string of the molecule is O=C(c1cccnc1)N1CC(c2noc([C@@H]3CCCN3CC3CC3)n2)C1. The molecule has 3 aliphatic rings. The number of amides is 1. The molecule has 0 bridgehead atoms. The van der Waals surface area contributed by atoms with Crippen LogP contribution in [0.3, 0.4) is 0 Å². The van der Waals surface area contributed by atoms with E-state index in [1.165, 1.54) is 25.8 Å². The third kappa shape index (κ3) is 3.00. The highest BCUT2D eigenvalue weighted by Crippen LogP contribution is 2.37. The van der Waals surface area contributed by atoms with Gasteiger partial charge in [-0.3, -0.25) is 14.7 Å². The molecule has 0 N–H and O–H groups in total. The third-order valence-corrected chi connectivity index (χ3v) is 5.74. The predicted octanol–water partition coefficient (Wildman–Crippen LogP) is 2.25. The van der Waals surface area contributed by atoms with Crippen molar-refractivity contribution in [2.24, 2.45) is 5.92 Å². The molecule has 7 heteroatoms. The average Bonchev–Trinajstić information content (AvgIpc) is 3.12. The summed E-state index contributed by atoms with van der Waals surface area (Å²) in [5, 5.41) is 4.22. The van der Waals surface area contributed by atoms with Crippen molar-refractivity contribution in [3.8, 4) is 0 Å². The smallest absolute Gasteiger partial charge is 0.255 e. The number of aromatic nitrogens is 3. The van der Waals surface area contributed by atoms with Crippen LogP contribution >= 0.6 is 0 Å². The summed E-state index contributed by atoms with van der Waals surface area (Å²) in [6.07, 6.45) is 8.31. The molecule has 136 valence electrons. The van der Waals surface area contributed by atoms with Crippen LogP contribution in [0.2, 0.25) is 0 Å². The highest BCUT2D eigenvalue weighted by Gasteiger charge is 2.38. The summed E-state index contributed by atoms with van der Waals surface area (Å²) in [7, 11) is 0. The van der Waals surface area contributed by atoms with E-state index >= 15 is 0 Å². The number of hydrogen-bond acceptors (Lipinski definition) is 6. The van der Waals surface area contributed by atoms with Gasteiger partial charge in [0.25, 0.3) is 5.91 Å². The van der Waals surface area contributed by atoms with E-state index in [0.29, 0.717) is 18.7 Å². The van der Waals surface area contributed by atoms with Crippen molar-refractivity contribution in [1.29, 1.82) is 0 Å². The zero-order chi connectivity index (χ0) is 17.5. The van der Waals surface area contributed by atoms with Gasteiger partial charge < -0.3 is 9.42 Å². The Morgan fingerprint density at radius 3 is 2.92 bits per heavy atom. The molecular weight excluding hydrogens is 330 g/mol. The summed E-state index contributed by atoms with van der Waals surface area (Å²) in [5.74, 6) is 2.57. The Bertz CT molecular complexity index is 782. The molecule has 3 fully saturated rings. The van der Waals surface area contributed by atoms with Crippen LogP contribution in [0.1, 0.15) is 59.7 Å². The monoisotopic (exact) mass is 353 g/mol. The van der Waals surface area contributed by atoms with Crippen molar-refractivity contribution in [3.05, 3.63) is 41.8 Å². The second kappa shape index (κ2) is 6.46. The maximum absolute atomic E-state index is 12.4. The lowest BCUT2D eigenvalue weighted by Crippen LogP contribution is -2.48. The van der Waals surface area contributed by atoms with Gasteiger partial charge in [0.05, 0.1) is 17.5 Å². The molecule has 0 unspecified atom stereocenters. The van der Waals surface area contributed by atoms with E-state index in [0.717, 1.165) is 30.6 Å². The molecule has 0 spiro atoms. The normalized spacial score (nSPS) is 24.0. The van der Waals surface area contributed by atoms with Crippen LogP contribution in [0.4, 0.5) is 0 Å². The van der Waals surface area contributed by atoms with Gasteiger partial charge in [-0.25, -0.2) is 0 Å². The quantitative estimate of drug-likeness (QED) is 0.821. The first kappa shape index (κ1) is 15.9. The molecule has 1 atom stereocenters. The van der Waals surface area contributed by atoms with E-state index in [1.54, 1.807) is 24.5 Å². The largest absolute Gasteiger partial charge is 0.338 e. The molecular formula is C19H23N5O2. The minimum absolute atomic E-state index is 0.0180. The van der Waals surface area contributed by atoms with Crippen molar-refractivity contribution in [2.45, 2.75) is 37.6 Å². The maximum Gasteiger partial charge on any atom is 0.255 e. The van der Waals surface area contributed by atoms with Crippen LogP contribution in [0.5, 0.6) is 0 Å². The van der Waals surface area contributed by atoms with E-state index in [1.807, 2.05) is 4.90 Å². The fourth-order valence-electron chi connectivity index (χ4n) is 3.98. The average molecular weight is 353 g/mol. The van der Waals surface area contributed by atoms with Crippen LogP contribution in [0.25, 0.3) is 0 Å². The number of pyridine rings is 1. The molecule has 2 aromatic rings. The van der Waals surface area contributed by atoms with Gasteiger partial charge in [-0.1, -0.05) is 5.16 Å². The lowest BCUT2D eigenvalue weighted by molar-refractivity contribution is 0.0592. The van der Waals surface area contributed by atoms with Gasteiger partial charge in [-0.05, 0) is 50.3 Å². The van der Waals surface area contributed by atoms with Crippen LogP contribution in [-0.2, 0) is 0 Å². The number of carbonyl (C=O) groups is 1. The van der Waals surface area contributed by atoms with Crippen LogP contribution in [-0.4, -0.2) is 57.0 Å². The van der Waals surface area contributed by atoms with E-state index < -0.39 is 0 Å². The Kier molecular flexibility index (Phi) is 3.96. The zero-order valence-electron chi connectivity index (χ0n) is 14.8. The van der Waals surface area contributed by atoms with E-state index in [4.69, 9.17) is 4.52 Å². The number of hydrogen-bond donors (Lipinski definition) is 0. The summed E-state index contributed by atoms with van der Waals surface area (Å²) in [5.41, 5.74) is 0.626. The number of carbonyl (C=O) groups excluding carboxylic acids is 1. The minimum atomic E-state index is 0.0180. The molecule has 1 amide bonds. The highest BCUT2D eigenvalue weighted by molar-refractivity contribution is 5.94. The zero-order valence-corrected chi connectivity index (χ0v) is 14.8. The van der Waals surface area contributed by atoms with Crippen molar-refractivity contribution in [2.75, 3.05) is 26.2 Å². The van der Waals surface area contributed by atoms with Crippen molar-refractivity contribution >= 4 is 5.91 Å². The van der Waals surface area contributed by atoms with Gasteiger partial charge in [0, 0.05) is 32.0 Å². The van der Waals surface area contributed by atoms with Gasteiger partial charge in [0.1, 0.15) is 0 Å². The van der Waals surface area contributed by atoms with E-state index in [2.05, 4.69) is 20.0 Å². The summed E-state index contributed by atoms with van der Waals surface area (Å²) in [6.45, 7) is 3.58. The summed E-state index contributed by atoms with van der Waals surface area (Å²) >= 11 is 0. The topological polar surface area (TPSA) is 75.4 Å². The molecule has 4 heterocycles. The molecule has 2 saturated heterocycles. The van der Waals surface area contributed by atoms with Gasteiger partial charge >= 0.3 is 0 Å². The highest BCUT2D eigenvalue weighted by atomic mass is 16.5. The first-order valence-electron chi connectivity index (χ1n) is 9.55. The molecule has 0 radical (unpaired) electrons. The fraction of sp³-hybridized carbons (Fsp3) is 0.579. The van der Waals surface area contributed by atoms with Crippen molar-refractivity contribution < 1.29 is 9.32 Å². The molecule has 26 heavy (non-hydrogen) atoms. The van der Waals surface area contributed by atoms with Crippen molar-refractivity contribution in [1.82, 2.24) is 24.9 Å². The first-order chi connectivity index (χ1) is 12.8. The van der Waals surface area contributed by atoms with Gasteiger partial charge in [-0.2, -0.15) is 4.98 Å². The van der Waals surface area contributed by atoms with Crippen LogP contribution < -0.4 is 0 Å². The first-order valence-corrected chi connectivity index (χ1v) is 9.55. The minimum Gasteiger partial charge on any atom is -0.338 e. The Morgan fingerprint density at radius 1 is 1.27 bits per heavy atom. The lowest BCUT2D eigenvalue weighted by Gasteiger charge is -2.37. The number of nitrogens with zero attached hydrogens (tertiary/aromatic N) is 5.